The molecule has 0 aliphatic rings. The summed E-state index contributed by atoms with van der Waals surface area (Å²) >= 11 is 0. The van der Waals surface area contributed by atoms with Crippen LogP contribution in [0.4, 0.5) is 72.8 Å². The van der Waals surface area contributed by atoms with Crippen molar-refractivity contribution in [3.05, 3.63) is 79.4 Å². The molecule has 216 valence electrons. The summed E-state index contributed by atoms with van der Waals surface area (Å²) in [5.41, 5.74) is -8.37. The molecule has 0 spiro atoms. The largest absolute Gasteiger partial charge is 0.430 e. The molecular weight excluding hydrogens is 590 g/mol. The Kier molecular flexibility index (Phi) is 7.62. The minimum Gasteiger partial charge on any atom is -0.258 e. The van der Waals surface area contributed by atoms with Crippen LogP contribution in [-0.4, -0.2) is 33.9 Å². The van der Waals surface area contributed by atoms with Crippen molar-refractivity contribution >= 4 is 11.4 Å². The highest BCUT2D eigenvalue weighted by Gasteiger charge is 2.81. The molecule has 2 aromatic carbocycles. The average molecular weight is 596 g/mol. The number of hydrogen-bond acceptors (Lipinski definition) is 5. The van der Waals surface area contributed by atoms with E-state index in [9.17, 15) is 81.7 Å². The Morgan fingerprint density at radius 1 is 0.564 bits per heavy atom. The van der Waals surface area contributed by atoms with Crippen LogP contribution in [0.1, 0.15) is 11.1 Å². The second-order valence-corrected chi connectivity index (χ2v) is 7.28. The predicted octanol–water partition coefficient (Wildman–Crippen LogP) is 7.14. The second-order valence-electron chi connectivity index (χ2n) is 7.28. The molecule has 0 unspecified atom stereocenters. The molecule has 7 nitrogen and oxygen atoms in total. The summed E-state index contributed by atoms with van der Waals surface area (Å²) in [6.07, 6.45) is -14.9. The number of hydrogen-bond donors (Lipinski definition) is 0. The molecule has 0 aliphatic carbocycles. The van der Waals surface area contributed by atoms with E-state index in [-0.39, 0.29) is 12.1 Å². The highest BCUT2D eigenvalue weighted by molar-refractivity contribution is 5.38. The number of alkyl halides is 12. The van der Waals surface area contributed by atoms with Gasteiger partial charge in [-0.1, -0.05) is 0 Å². The van der Waals surface area contributed by atoms with E-state index in [2.05, 4.69) is 0 Å². The molecule has 39 heavy (non-hydrogen) atoms. The summed E-state index contributed by atoms with van der Waals surface area (Å²) in [5, 5.41) is 20.9. The lowest BCUT2D eigenvalue weighted by molar-refractivity contribution is -0.503. The first-order valence-electron chi connectivity index (χ1n) is 9.21. The quantitative estimate of drug-likeness (QED) is 0.165. The van der Waals surface area contributed by atoms with E-state index in [1.165, 1.54) is 0 Å². The topological polar surface area (TPSA) is 95.5 Å². The molecule has 0 atom stereocenters. The lowest BCUT2D eigenvalue weighted by Gasteiger charge is -2.37. The van der Waals surface area contributed by atoms with Crippen molar-refractivity contribution < 1.29 is 76.0 Å². The van der Waals surface area contributed by atoms with Gasteiger partial charge in [0.05, 0.1) is 9.85 Å². The summed E-state index contributed by atoms with van der Waals surface area (Å²) in [6, 6.07) is -2.94. The van der Waals surface area contributed by atoms with Crippen molar-refractivity contribution in [2.45, 2.75) is 35.9 Å². The van der Waals surface area contributed by atoms with Gasteiger partial charge in [-0.25, -0.2) is 4.74 Å². The molecular formula is C18H6F14N2O5. The van der Waals surface area contributed by atoms with Crippen molar-refractivity contribution in [1.29, 1.82) is 0 Å². The molecule has 0 saturated heterocycles. The van der Waals surface area contributed by atoms with Crippen molar-refractivity contribution in [2.24, 2.45) is 0 Å². The third kappa shape index (κ3) is 5.01. The maximum Gasteiger partial charge on any atom is 0.430 e. The molecule has 0 amide bonds. The van der Waals surface area contributed by atoms with Gasteiger partial charge in [0.2, 0.25) is 11.6 Å². The summed E-state index contributed by atoms with van der Waals surface area (Å²) in [5.74, 6) is -32.4. The first kappa shape index (κ1) is 31.4. The minimum absolute atomic E-state index is 0.236. The maximum absolute atomic E-state index is 14.1. The zero-order chi connectivity index (χ0) is 30.6. The van der Waals surface area contributed by atoms with Crippen LogP contribution in [0.2, 0.25) is 0 Å². The number of nitro groups is 2. The summed E-state index contributed by atoms with van der Waals surface area (Å²) in [4.78, 5) is 17.8. The van der Waals surface area contributed by atoms with Gasteiger partial charge in [0.1, 0.15) is 0 Å². The van der Waals surface area contributed by atoms with E-state index in [1.807, 2.05) is 4.74 Å². The molecule has 2 rings (SSSR count). The number of ether oxygens (including phenoxy) is 1. The second kappa shape index (κ2) is 9.45. The third-order valence-corrected chi connectivity index (χ3v) is 4.79. The third-order valence-electron chi connectivity index (χ3n) is 4.79. The Morgan fingerprint density at radius 2 is 0.846 bits per heavy atom. The van der Waals surface area contributed by atoms with Gasteiger partial charge in [-0.05, 0) is 24.3 Å². The molecule has 0 aliphatic heterocycles. The van der Waals surface area contributed by atoms with Gasteiger partial charge in [-0.3, -0.25) is 20.2 Å². The number of rotatable bonds is 10. The summed E-state index contributed by atoms with van der Waals surface area (Å²) in [7, 11) is 0. The highest BCUT2D eigenvalue weighted by Crippen LogP contribution is 2.58. The van der Waals surface area contributed by atoms with Crippen LogP contribution in [0.25, 0.3) is 0 Å². The first-order valence-corrected chi connectivity index (χ1v) is 9.21. The van der Waals surface area contributed by atoms with Crippen LogP contribution in [0.5, 0.6) is 0 Å². The Balaban J connectivity index is 2.50. The fourth-order valence-corrected chi connectivity index (χ4v) is 2.72. The Morgan fingerprint density at radius 3 is 1.08 bits per heavy atom. The summed E-state index contributed by atoms with van der Waals surface area (Å²) < 4.78 is 197. The number of benzene rings is 2. The Labute approximate surface area is 203 Å². The van der Waals surface area contributed by atoms with Gasteiger partial charge < -0.3 is 0 Å². The first-order chi connectivity index (χ1) is 17.3. The van der Waals surface area contributed by atoms with E-state index in [0.717, 1.165) is 0 Å². The molecule has 0 radical (unpaired) electrons. The molecule has 2 aromatic rings. The lowest BCUT2D eigenvalue weighted by Crippen LogP contribution is -2.61. The van der Waals surface area contributed by atoms with Gasteiger partial charge in [0.25, 0.3) is 0 Å². The van der Waals surface area contributed by atoms with E-state index in [4.69, 9.17) is 0 Å². The van der Waals surface area contributed by atoms with E-state index in [0.29, 0.717) is 0 Å². The number of nitrogens with zero attached hydrogens (tertiary/aromatic N) is 2. The Hall–Kier alpha value is -3.78. The van der Waals surface area contributed by atoms with Gasteiger partial charge in [-0.15, -0.1) is 0 Å². The minimum atomic E-state index is -7.46. The smallest absolute Gasteiger partial charge is 0.258 e. The zero-order valence-electron chi connectivity index (χ0n) is 17.7. The molecule has 0 heterocycles. The highest BCUT2D eigenvalue weighted by atomic mass is 19.4. The molecule has 0 aromatic heterocycles. The van der Waals surface area contributed by atoms with Crippen molar-refractivity contribution in [3.63, 3.8) is 0 Å². The number of nitro benzene ring substituents is 2. The maximum atomic E-state index is 14.1. The van der Waals surface area contributed by atoms with Gasteiger partial charge in [0, 0.05) is 23.3 Å². The van der Waals surface area contributed by atoms with E-state index >= 15 is 0 Å². The van der Waals surface area contributed by atoms with Crippen LogP contribution in [0.3, 0.4) is 0 Å². The van der Waals surface area contributed by atoms with Crippen molar-refractivity contribution in [2.75, 3.05) is 0 Å². The molecule has 0 fully saturated rings. The molecule has 21 heteroatoms. The van der Waals surface area contributed by atoms with Gasteiger partial charge in [0.15, 0.2) is 0 Å². The molecule has 0 saturated carbocycles. The fraction of sp³-hybridized carbons (Fsp3) is 0.333. The van der Waals surface area contributed by atoms with Crippen LogP contribution in [0.15, 0.2) is 36.4 Å². The predicted molar refractivity (Wildman–Crippen MR) is 94.8 cm³/mol. The monoisotopic (exact) mass is 596 g/mol. The standard InChI is InChI=1S/C18H6F14N2O5/c19-9-5-7(1-3-11(9)33(35)36)13(21,22)15(25,26)17(29,30)39-18(31,32)16(27,28)14(23,24)8-2-4-12(34(37)38)10(20)6-8/h1-6H. The van der Waals surface area contributed by atoms with Gasteiger partial charge >= 0.3 is 47.3 Å². The Bertz CT molecular complexity index is 1200. The van der Waals surface area contributed by atoms with Crippen molar-refractivity contribution in [1.82, 2.24) is 0 Å². The SMILES string of the molecule is O=[N+]([O-])c1ccc(C(F)(F)C(F)(F)C(F)(F)OC(F)(F)C(F)(F)C(F)(F)c2ccc([N+](=O)[O-])c(F)c2)cc1F. The van der Waals surface area contributed by atoms with Crippen LogP contribution in [0, 0.1) is 31.9 Å². The zero-order valence-corrected chi connectivity index (χ0v) is 17.7. The lowest BCUT2D eigenvalue weighted by atomic mass is 9.99. The van der Waals surface area contributed by atoms with Crippen LogP contribution in [-0.2, 0) is 16.6 Å². The molecule has 0 bridgehead atoms. The van der Waals surface area contributed by atoms with Crippen LogP contribution >= 0.6 is 0 Å². The average Bonchev–Trinajstić information content (AvgIpc) is 2.77. The van der Waals surface area contributed by atoms with Crippen LogP contribution < -0.4 is 0 Å². The van der Waals surface area contributed by atoms with E-state index < -0.39 is 104 Å². The van der Waals surface area contributed by atoms with Crippen molar-refractivity contribution in [3.8, 4) is 0 Å². The molecule has 0 N–H and O–H groups in total. The van der Waals surface area contributed by atoms with E-state index in [1.54, 1.807) is 0 Å². The van der Waals surface area contributed by atoms with Gasteiger partial charge in [-0.2, -0.15) is 61.5 Å². The summed E-state index contributed by atoms with van der Waals surface area (Å²) in [6.45, 7) is 0. The normalized spacial score (nSPS) is 13.9. The fourth-order valence-electron chi connectivity index (χ4n) is 2.72. The number of halogens is 14.